The second-order valence-corrected chi connectivity index (χ2v) is 6.07. The Kier molecular flexibility index (Phi) is 3.40. The van der Waals surface area contributed by atoms with Crippen LogP contribution >= 0.6 is 0 Å². The van der Waals surface area contributed by atoms with Crippen LogP contribution in [-0.2, 0) is 0 Å². The van der Waals surface area contributed by atoms with Crippen LogP contribution in [-0.4, -0.2) is 49.1 Å². The van der Waals surface area contributed by atoms with Gasteiger partial charge in [0.25, 0.3) is 0 Å². The van der Waals surface area contributed by atoms with Gasteiger partial charge in [-0.3, -0.25) is 0 Å². The normalized spacial score (nSPS) is 22.8. The van der Waals surface area contributed by atoms with Gasteiger partial charge >= 0.3 is 0 Å². The third-order valence-corrected chi connectivity index (χ3v) is 4.19. The van der Waals surface area contributed by atoms with Gasteiger partial charge in [-0.15, -0.1) is 0 Å². The molecule has 98 valence electrons. The SMILES string of the molecule is CC(CN1CC1)c1cccc(C(C)CN2CC2)c1. The summed E-state index contributed by atoms with van der Waals surface area (Å²) >= 11 is 0. The highest BCUT2D eigenvalue weighted by atomic mass is 15.3. The molecule has 3 rings (SSSR count). The summed E-state index contributed by atoms with van der Waals surface area (Å²) in [4.78, 5) is 5.02. The largest absolute Gasteiger partial charge is 0.300 e. The van der Waals surface area contributed by atoms with Crippen LogP contribution in [0.5, 0.6) is 0 Å². The fourth-order valence-corrected chi connectivity index (χ4v) is 2.66. The zero-order valence-corrected chi connectivity index (χ0v) is 11.6. The van der Waals surface area contributed by atoms with E-state index in [9.17, 15) is 0 Å². The summed E-state index contributed by atoms with van der Waals surface area (Å²) in [7, 11) is 0. The number of hydrogen-bond donors (Lipinski definition) is 0. The highest BCUT2D eigenvalue weighted by Gasteiger charge is 2.22. The topological polar surface area (TPSA) is 6.02 Å². The Morgan fingerprint density at radius 1 is 0.889 bits per heavy atom. The summed E-state index contributed by atoms with van der Waals surface area (Å²) in [5.74, 6) is 1.33. The highest BCUT2D eigenvalue weighted by Crippen LogP contribution is 2.25. The summed E-state index contributed by atoms with van der Waals surface area (Å²) in [5.41, 5.74) is 3.02. The predicted molar refractivity (Wildman–Crippen MR) is 76.2 cm³/mol. The molecule has 2 atom stereocenters. The van der Waals surface area contributed by atoms with Crippen molar-refractivity contribution in [2.75, 3.05) is 39.3 Å². The first-order valence-corrected chi connectivity index (χ1v) is 7.27. The average molecular weight is 244 g/mol. The minimum Gasteiger partial charge on any atom is -0.300 e. The molecule has 0 amide bonds. The standard InChI is InChI=1S/C16H24N2/c1-13(11-17-6-7-17)15-4-3-5-16(10-15)14(2)12-18-8-9-18/h3-5,10,13-14H,6-9,11-12H2,1-2H3. The van der Waals surface area contributed by atoms with Crippen LogP contribution in [0.4, 0.5) is 0 Å². The van der Waals surface area contributed by atoms with Crippen molar-refractivity contribution in [3.63, 3.8) is 0 Å². The molecule has 2 nitrogen and oxygen atoms in total. The fraction of sp³-hybridized carbons (Fsp3) is 0.625. The second kappa shape index (κ2) is 5.02. The van der Waals surface area contributed by atoms with E-state index < -0.39 is 0 Å². The van der Waals surface area contributed by atoms with E-state index in [2.05, 4.69) is 47.9 Å². The number of rotatable bonds is 6. The highest BCUT2D eigenvalue weighted by molar-refractivity contribution is 5.29. The molecule has 0 aromatic heterocycles. The lowest BCUT2D eigenvalue weighted by Gasteiger charge is -2.17. The van der Waals surface area contributed by atoms with Gasteiger partial charge in [0.1, 0.15) is 0 Å². The van der Waals surface area contributed by atoms with Crippen molar-refractivity contribution in [3.05, 3.63) is 35.4 Å². The summed E-state index contributed by atoms with van der Waals surface area (Å²) < 4.78 is 0. The second-order valence-electron chi connectivity index (χ2n) is 6.07. The molecule has 2 heteroatoms. The Bertz CT molecular complexity index is 372. The summed E-state index contributed by atoms with van der Waals surface area (Å²) in [6.45, 7) is 12.4. The molecule has 18 heavy (non-hydrogen) atoms. The quantitative estimate of drug-likeness (QED) is 0.709. The van der Waals surface area contributed by atoms with Crippen LogP contribution in [0.1, 0.15) is 36.8 Å². The third kappa shape index (κ3) is 3.12. The van der Waals surface area contributed by atoms with E-state index in [0.29, 0.717) is 11.8 Å². The lowest BCUT2D eigenvalue weighted by atomic mass is 9.94. The van der Waals surface area contributed by atoms with Crippen LogP contribution in [0.2, 0.25) is 0 Å². The Hall–Kier alpha value is -0.860. The monoisotopic (exact) mass is 244 g/mol. The van der Waals surface area contributed by atoms with Crippen molar-refractivity contribution in [1.82, 2.24) is 9.80 Å². The molecule has 2 aliphatic heterocycles. The first-order valence-electron chi connectivity index (χ1n) is 7.27. The maximum absolute atomic E-state index is 2.51. The lowest BCUT2D eigenvalue weighted by Crippen LogP contribution is -2.11. The zero-order chi connectivity index (χ0) is 12.5. The zero-order valence-electron chi connectivity index (χ0n) is 11.6. The van der Waals surface area contributed by atoms with E-state index >= 15 is 0 Å². The number of benzene rings is 1. The van der Waals surface area contributed by atoms with Crippen molar-refractivity contribution in [1.29, 1.82) is 0 Å². The molecule has 0 radical (unpaired) electrons. The Labute approximate surface area is 111 Å². The van der Waals surface area contributed by atoms with Gasteiger partial charge in [0, 0.05) is 39.3 Å². The van der Waals surface area contributed by atoms with Crippen LogP contribution in [0, 0.1) is 0 Å². The van der Waals surface area contributed by atoms with Gasteiger partial charge in [-0.25, -0.2) is 0 Å². The molecule has 0 N–H and O–H groups in total. The van der Waals surface area contributed by atoms with Gasteiger partial charge in [0.15, 0.2) is 0 Å². The van der Waals surface area contributed by atoms with Crippen molar-refractivity contribution < 1.29 is 0 Å². The molecule has 2 heterocycles. The summed E-state index contributed by atoms with van der Waals surface area (Å²) in [6, 6.07) is 9.26. The van der Waals surface area contributed by atoms with Crippen molar-refractivity contribution in [3.8, 4) is 0 Å². The third-order valence-electron chi connectivity index (χ3n) is 4.19. The average Bonchev–Trinajstić information content (AvgIpc) is 3.25. The van der Waals surface area contributed by atoms with Crippen LogP contribution < -0.4 is 0 Å². The van der Waals surface area contributed by atoms with E-state index in [1.807, 2.05) is 0 Å². The minimum atomic E-state index is 0.667. The van der Waals surface area contributed by atoms with Gasteiger partial charge in [-0.2, -0.15) is 0 Å². The molecule has 1 aromatic rings. The molecule has 0 aliphatic carbocycles. The molecule has 2 fully saturated rings. The molecule has 2 saturated heterocycles. The minimum absolute atomic E-state index is 0.667. The maximum Gasteiger partial charge on any atom is 0.0110 e. The Morgan fingerprint density at radius 2 is 1.33 bits per heavy atom. The fourth-order valence-electron chi connectivity index (χ4n) is 2.66. The molecule has 2 unspecified atom stereocenters. The van der Waals surface area contributed by atoms with E-state index in [0.717, 1.165) is 0 Å². The first kappa shape index (κ1) is 12.2. The van der Waals surface area contributed by atoms with Crippen molar-refractivity contribution in [2.45, 2.75) is 25.7 Å². The molecule has 1 aromatic carbocycles. The van der Waals surface area contributed by atoms with Crippen molar-refractivity contribution in [2.24, 2.45) is 0 Å². The number of nitrogens with zero attached hydrogens (tertiary/aromatic N) is 2. The maximum atomic E-state index is 2.51. The summed E-state index contributed by atoms with van der Waals surface area (Å²) in [5, 5.41) is 0. The molecule has 0 bridgehead atoms. The molecular formula is C16H24N2. The van der Waals surface area contributed by atoms with Crippen LogP contribution in [0.25, 0.3) is 0 Å². The van der Waals surface area contributed by atoms with Gasteiger partial charge in [-0.05, 0) is 23.0 Å². The first-order chi connectivity index (χ1) is 8.72. The van der Waals surface area contributed by atoms with Gasteiger partial charge in [-0.1, -0.05) is 38.1 Å². The van der Waals surface area contributed by atoms with Gasteiger partial charge in [0.05, 0.1) is 0 Å². The Balaban J connectivity index is 1.66. The van der Waals surface area contributed by atoms with Crippen LogP contribution in [0.15, 0.2) is 24.3 Å². The smallest absolute Gasteiger partial charge is 0.0110 e. The van der Waals surface area contributed by atoms with Gasteiger partial charge < -0.3 is 9.80 Å². The van der Waals surface area contributed by atoms with E-state index in [1.54, 1.807) is 0 Å². The van der Waals surface area contributed by atoms with E-state index in [-0.39, 0.29) is 0 Å². The molecule has 0 saturated carbocycles. The van der Waals surface area contributed by atoms with E-state index in [4.69, 9.17) is 0 Å². The summed E-state index contributed by atoms with van der Waals surface area (Å²) in [6.07, 6.45) is 0. The van der Waals surface area contributed by atoms with E-state index in [1.165, 1.54) is 50.4 Å². The molecule has 0 spiro atoms. The lowest BCUT2D eigenvalue weighted by molar-refractivity contribution is 0.500. The van der Waals surface area contributed by atoms with Gasteiger partial charge in [0.2, 0.25) is 0 Å². The Morgan fingerprint density at radius 3 is 1.72 bits per heavy atom. The predicted octanol–water partition coefficient (Wildman–Crippen LogP) is 2.52. The molecule has 2 aliphatic rings. The van der Waals surface area contributed by atoms with Crippen molar-refractivity contribution >= 4 is 0 Å². The van der Waals surface area contributed by atoms with Crippen LogP contribution in [0.3, 0.4) is 0 Å². The number of hydrogen-bond acceptors (Lipinski definition) is 2. The molecular weight excluding hydrogens is 220 g/mol.